The summed E-state index contributed by atoms with van der Waals surface area (Å²) in [6.07, 6.45) is -3.42. The van der Waals surface area contributed by atoms with Gasteiger partial charge in [0.25, 0.3) is 10.0 Å². The summed E-state index contributed by atoms with van der Waals surface area (Å²) in [6.45, 7) is 8.33. The molecule has 3 aromatic rings. The van der Waals surface area contributed by atoms with Crippen LogP contribution in [0.5, 0.6) is 0 Å². The number of halogens is 3. The van der Waals surface area contributed by atoms with Crippen molar-refractivity contribution in [2.45, 2.75) is 51.6 Å². The second kappa shape index (κ2) is 13.1. The molecule has 0 radical (unpaired) electrons. The molecule has 41 heavy (non-hydrogen) atoms. The number of carboxylic acids is 2. The molecule has 0 spiro atoms. The van der Waals surface area contributed by atoms with Gasteiger partial charge in [0.05, 0.1) is 21.8 Å². The second-order valence-corrected chi connectivity index (χ2v) is 11.2. The van der Waals surface area contributed by atoms with Crippen LogP contribution in [0, 0.1) is 27.7 Å². The van der Waals surface area contributed by atoms with Gasteiger partial charge in [-0.25, -0.2) is 18.0 Å². The molecule has 0 aliphatic rings. The van der Waals surface area contributed by atoms with Crippen LogP contribution in [0.4, 0.5) is 24.5 Å². The first-order chi connectivity index (χ1) is 18.8. The molecule has 0 bridgehead atoms. The molecule has 224 valence electrons. The van der Waals surface area contributed by atoms with E-state index in [0.717, 1.165) is 35.4 Å². The van der Waals surface area contributed by atoms with E-state index in [9.17, 15) is 31.5 Å². The Morgan fingerprint density at radius 2 is 1.59 bits per heavy atom. The van der Waals surface area contributed by atoms with Crippen molar-refractivity contribution in [2.24, 2.45) is 7.05 Å². The van der Waals surface area contributed by atoms with Crippen LogP contribution in [0.3, 0.4) is 0 Å². The largest absolute Gasteiger partial charge is 0.490 e. The average molecular weight is 599 g/mol. The van der Waals surface area contributed by atoms with Gasteiger partial charge in [0.1, 0.15) is 0 Å². The Labute approximate surface area is 236 Å². The first kappa shape index (κ1) is 33.1. The van der Waals surface area contributed by atoms with E-state index in [4.69, 9.17) is 9.90 Å². The third-order valence-electron chi connectivity index (χ3n) is 6.22. The lowest BCUT2D eigenvalue weighted by Crippen LogP contribution is -2.22. The molecule has 2 aromatic carbocycles. The highest BCUT2D eigenvalue weighted by Crippen LogP contribution is 2.27. The van der Waals surface area contributed by atoms with E-state index >= 15 is 0 Å². The standard InChI is InChI=1S/C25H32N4O4S.C2HF3O2/c1-16-12-17(2)14-21(13-16)34(32,33)27-20-9-10-24(23(15-20)25(30)31)28(5)11-7-8-22-18(3)26-29(6)19(22)4;3-2(4,5)1(6)7/h9-10,12-15,27H,7-8,11H2,1-6H3,(H,30,31);(H,6,7). The smallest absolute Gasteiger partial charge is 0.478 e. The molecule has 1 aromatic heterocycles. The summed E-state index contributed by atoms with van der Waals surface area (Å²) >= 11 is 0. The number of sulfonamides is 1. The molecule has 3 rings (SSSR count). The lowest BCUT2D eigenvalue weighted by atomic mass is 10.1. The van der Waals surface area contributed by atoms with Gasteiger partial charge >= 0.3 is 18.1 Å². The van der Waals surface area contributed by atoms with Crippen molar-refractivity contribution < 1.29 is 41.4 Å². The number of hydrogen-bond acceptors (Lipinski definition) is 6. The first-order valence-corrected chi connectivity index (χ1v) is 13.8. The summed E-state index contributed by atoms with van der Waals surface area (Å²) in [4.78, 5) is 22.9. The van der Waals surface area contributed by atoms with E-state index in [-0.39, 0.29) is 16.1 Å². The fraction of sp³-hybridized carbons (Fsp3) is 0.370. The Bertz CT molecular complexity index is 1510. The fourth-order valence-electron chi connectivity index (χ4n) is 4.20. The molecule has 0 saturated heterocycles. The minimum absolute atomic E-state index is 0.0388. The number of hydrogen-bond donors (Lipinski definition) is 3. The SMILES string of the molecule is Cc1cc(C)cc(S(=O)(=O)Nc2ccc(N(C)CCCc3c(C)nn(C)c3C)c(C(=O)O)c2)c1.O=C(O)C(F)(F)F. The summed E-state index contributed by atoms with van der Waals surface area (Å²) in [5.41, 5.74) is 5.79. The van der Waals surface area contributed by atoms with Gasteiger partial charge in [-0.2, -0.15) is 18.3 Å². The Balaban J connectivity index is 0.000000745. The molecule has 14 heteroatoms. The van der Waals surface area contributed by atoms with Gasteiger partial charge in [0, 0.05) is 32.0 Å². The van der Waals surface area contributed by atoms with Crippen molar-refractivity contribution in [1.82, 2.24) is 9.78 Å². The predicted molar refractivity (Wildman–Crippen MR) is 148 cm³/mol. The zero-order chi connectivity index (χ0) is 31.3. The van der Waals surface area contributed by atoms with E-state index in [2.05, 4.69) is 9.82 Å². The van der Waals surface area contributed by atoms with Crippen molar-refractivity contribution >= 4 is 33.3 Å². The van der Waals surface area contributed by atoms with Gasteiger partial charge < -0.3 is 15.1 Å². The molecule has 1 heterocycles. The van der Waals surface area contributed by atoms with E-state index < -0.39 is 28.1 Å². The van der Waals surface area contributed by atoms with Crippen molar-refractivity contribution in [3.8, 4) is 0 Å². The molecule has 10 nitrogen and oxygen atoms in total. The zero-order valence-corrected chi connectivity index (χ0v) is 24.3. The number of aliphatic carboxylic acids is 1. The van der Waals surface area contributed by atoms with E-state index in [1.165, 1.54) is 11.6 Å². The molecule has 3 N–H and O–H groups in total. The zero-order valence-electron chi connectivity index (χ0n) is 23.5. The van der Waals surface area contributed by atoms with Crippen LogP contribution < -0.4 is 9.62 Å². The highest BCUT2D eigenvalue weighted by molar-refractivity contribution is 7.92. The van der Waals surface area contributed by atoms with Crippen molar-refractivity contribution in [1.29, 1.82) is 0 Å². The summed E-state index contributed by atoms with van der Waals surface area (Å²) in [6, 6.07) is 9.66. The van der Waals surface area contributed by atoms with Crippen LogP contribution in [-0.4, -0.2) is 60.1 Å². The van der Waals surface area contributed by atoms with Crippen LogP contribution in [0.1, 0.15) is 44.9 Å². The molecular weight excluding hydrogens is 565 g/mol. The minimum Gasteiger partial charge on any atom is -0.478 e. The van der Waals surface area contributed by atoms with Gasteiger partial charge in [0.15, 0.2) is 0 Å². The van der Waals surface area contributed by atoms with Gasteiger partial charge in [-0.05, 0) is 87.6 Å². The molecule has 0 atom stereocenters. The highest BCUT2D eigenvalue weighted by atomic mass is 32.2. The Hall–Kier alpha value is -4.07. The third kappa shape index (κ3) is 8.96. The average Bonchev–Trinajstić information content (AvgIpc) is 3.08. The number of anilines is 2. The quantitative estimate of drug-likeness (QED) is 0.317. The maximum absolute atomic E-state index is 12.9. The summed E-state index contributed by atoms with van der Waals surface area (Å²) < 4.78 is 61.8. The van der Waals surface area contributed by atoms with Crippen LogP contribution in [0.25, 0.3) is 0 Å². The van der Waals surface area contributed by atoms with Crippen LogP contribution in [0.15, 0.2) is 41.3 Å². The number of nitrogens with zero attached hydrogens (tertiary/aromatic N) is 3. The highest BCUT2D eigenvalue weighted by Gasteiger charge is 2.38. The van der Waals surface area contributed by atoms with Crippen LogP contribution in [-0.2, 0) is 28.3 Å². The first-order valence-electron chi connectivity index (χ1n) is 12.3. The maximum atomic E-state index is 12.9. The molecule has 0 saturated carbocycles. The topological polar surface area (TPSA) is 142 Å². The number of aromatic carboxylic acids is 1. The molecular formula is C27H33F3N4O6S. The number of rotatable bonds is 9. The second-order valence-electron chi connectivity index (χ2n) is 9.57. The molecule has 0 unspecified atom stereocenters. The van der Waals surface area contributed by atoms with Gasteiger partial charge in [0.2, 0.25) is 0 Å². The summed E-state index contributed by atoms with van der Waals surface area (Å²) in [5, 5.41) is 21.4. The maximum Gasteiger partial charge on any atom is 0.490 e. The van der Waals surface area contributed by atoms with Gasteiger partial charge in [-0.1, -0.05) is 6.07 Å². The lowest BCUT2D eigenvalue weighted by molar-refractivity contribution is -0.192. The van der Waals surface area contributed by atoms with Gasteiger partial charge in [-0.3, -0.25) is 9.40 Å². The number of alkyl halides is 3. The van der Waals surface area contributed by atoms with Crippen molar-refractivity contribution in [3.05, 3.63) is 70.0 Å². The number of benzene rings is 2. The van der Waals surface area contributed by atoms with E-state index in [0.29, 0.717) is 12.2 Å². The molecule has 0 fully saturated rings. The van der Waals surface area contributed by atoms with Gasteiger partial charge in [-0.15, -0.1) is 0 Å². The molecule has 0 amide bonds. The predicted octanol–water partition coefficient (Wildman–Crippen LogP) is 4.86. The number of aryl methyl sites for hydroxylation is 4. The Kier molecular flexibility index (Phi) is 10.6. The van der Waals surface area contributed by atoms with Crippen LogP contribution in [0.2, 0.25) is 0 Å². The monoisotopic (exact) mass is 598 g/mol. The van der Waals surface area contributed by atoms with E-state index in [1.54, 1.807) is 24.3 Å². The lowest BCUT2D eigenvalue weighted by Gasteiger charge is -2.22. The summed E-state index contributed by atoms with van der Waals surface area (Å²) in [7, 11) is -0.0883. The number of carbonyl (C=O) groups is 2. The number of nitrogens with one attached hydrogen (secondary N) is 1. The van der Waals surface area contributed by atoms with Crippen molar-refractivity contribution in [3.63, 3.8) is 0 Å². The number of carboxylic acid groups (broad SMARTS) is 2. The Morgan fingerprint density at radius 3 is 2.05 bits per heavy atom. The number of aromatic nitrogens is 2. The molecule has 0 aliphatic heterocycles. The van der Waals surface area contributed by atoms with Crippen LogP contribution >= 0.6 is 0 Å². The normalized spacial score (nSPS) is 11.4. The molecule has 0 aliphatic carbocycles. The van der Waals surface area contributed by atoms with Crippen molar-refractivity contribution in [2.75, 3.05) is 23.2 Å². The minimum atomic E-state index is -5.08. The third-order valence-corrected chi connectivity index (χ3v) is 7.58. The van der Waals surface area contributed by atoms with E-state index in [1.807, 2.05) is 57.4 Å². The Morgan fingerprint density at radius 1 is 1.02 bits per heavy atom. The fourth-order valence-corrected chi connectivity index (χ4v) is 5.44. The summed E-state index contributed by atoms with van der Waals surface area (Å²) in [5.74, 6) is -3.87.